The first kappa shape index (κ1) is 6.74. The van der Waals surface area contributed by atoms with Crippen LogP contribution in [0.5, 0.6) is 0 Å². The zero-order valence-electron chi connectivity index (χ0n) is 5.74. The van der Waals surface area contributed by atoms with Gasteiger partial charge >= 0.3 is 0 Å². The van der Waals surface area contributed by atoms with Gasteiger partial charge in [-0.1, -0.05) is 6.58 Å². The van der Waals surface area contributed by atoms with Gasteiger partial charge in [-0.15, -0.1) is 0 Å². The smallest absolute Gasteiger partial charge is 0.138 e. The van der Waals surface area contributed by atoms with Crippen molar-refractivity contribution in [3.63, 3.8) is 0 Å². The van der Waals surface area contributed by atoms with E-state index in [1.165, 1.54) is 0 Å². The van der Waals surface area contributed by atoms with Crippen molar-refractivity contribution in [2.75, 3.05) is 7.11 Å². The molecule has 0 aliphatic carbocycles. The second-order valence-electron chi connectivity index (χ2n) is 1.72. The van der Waals surface area contributed by atoms with Crippen LogP contribution in [0, 0.1) is 0 Å². The van der Waals surface area contributed by atoms with Gasteiger partial charge in [-0.2, -0.15) is 0 Å². The maximum absolute atomic E-state index is 4.84. The fraction of sp³-hybridized carbons (Fsp3) is 0.143. The van der Waals surface area contributed by atoms with E-state index in [1.54, 1.807) is 25.7 Å². The van der Waals surface area contributed by atoms with Crippen LogP contribution in [0.4, 0.5) is 0 Å². The zero-order valence-corrected chi connectivity index (χ0v) is 5.74. The lowest BCUT2D eigenvalue weighted by atomic mass is 10.4. The molecule has 0 amide bonds. The Labute approximate surface area is 59.4 Å². The molecule has 0 aromatic carbocycles. The Morgan fingerprint density at radius 2 is 2.40 bits per heavy atom. The van der Waals surface area contributed by atoms with Crippen LogP contribution in [-0.4, -0.2) is 17.1 Å². The molecule has 0 aliphatic rings. The summed E-state index contributed by atoms with van der Waals surface area (Å²) in [6.07, 6.45) is 4.80. The molecule has 1 heterocycles. The summed E-state index contributed by atoms with van der Waals surface area (Å²) in [5, 5.41) is 0. The summed E-state index contributed by atoms with van der Waals surface area (Å²) >= 11 is 0. The number of hydrogen-bond acceptors (Lipinski definition) is 3. The van der Waals surface area contributed by atoms with Crippen LogP contribution in [0.2, 0.25) is 0 Å². The number of rotatable bonds is 2. The van der Waals surface area contributed by atoms with Crippen molar-refractivity contribution in [2.24, 2.45) is 0 Å². The molecule has 0 radical (unpaired) electrons. The average molecular weight is 136 g/mol. The van der Waals surface area contributed by atoms with Gasteiger partial charge < -0.3 is 4.74 Å². The molecule has 0 aliphatic heterocycles. The molecule has 0 saturated carbocycles. The molecule has 0 atom stereocenters. The molecule has 1 aromatic heterocycles. The molecule has 52 valence electrons. The van der Waals surface area contributed by atoms with Crippen LogP contribution in [0.3, 0.4) is 0 Å². The molecule has 3 nitrogen and oxygen atoms in total. The summed E-state index contributed by atoms with van der Waals surface area (Å²) in [4.78, 5) is 7.81. The third kappa shape index (κ3) is 1.31. The fourth-order valence-corrected chi connectivity index (χ4v) is 0.548. The Morgan fingerprint density at radius 1 is 1.60 bits per heavy atom. The van der Waals surface area contributed by atoms with Crippen molar-refractivity contribution < 1.29 is 4.74 Å². The van der Waals surface area contributed by atoms with Crippen LogP contribution in [0.25, 0.3) is 5.76 Å². The molecule has 0 N–H and O–H groups in total. The van der Waals surface area contributed by atoms with E-state index < -0.39 is 0 Å². The standard InChI is InChI=1S/C7H8N2O/c1-6(10-2)7-5-8-3-4-9-7/h3-5H,1H2,2H3. The van der Waals surface area contributed by atoms with E-state index in [9.17, 15) is 0 Å². The predicted molar refractivity (Wildman–Crippen MR) is 38.1 cm³/mol. The molecule has 0 fully saturated rings. The molecule has 10 heavy (non-hydrogen) atoms. The van der Waals surface area contributed by atoms with E-state index in [2.05, 4.69) is 16.5 Å². The van der Waals surface area contributed by atoms with Crippen molar-refractivity contribution >= 4 is 5.76 Å². The molecular weight excluding hydrogens is 128 g/mol. The molecule has 0 spiro atoms. The number of aromatic nitrogens is 2. The van der Waals surface area contributed by atoms with Crippen LogP contribution in [0.15, 0.2) is 25.2 Å². The quantitative estimate of drug-likeness (QED) is 0.571. The van der Waals surface area contributed by atoms with Crippen molar-refractivity contribution in [3.05, 3.63) is 30.9 Å². The monoisotopic (exact) mass is 136 g/mol. The highest BCUT2D eigenvalue weighted by molar-refractivity contribution is 5.51. The number of ether oxygens (including phenoxy) is 1. The third-order valence-electron chi connectivity index (χ3n) is 1.10. The number of nitrogens with zero attached hydrogens (tertiary/aromatic N) is 2. The van der Waals surface area contributed by atoms with Crippen molar-refractivity contribution in [1.29, 1.82) is 0 Å². The van der Waals surface area contributed by atoms with Crippen molar-refractivity contribution in [3.8, 4) is 0 Å². The highest BCUT2D eigenvalue weighted by Gasteiger charge is 1.95. The van der Waals surface area contributed by atoms with Crippen molar-refractivity contribution in [1.82, 2.24) is 9.97 Å². The summed E-state index contributed by atoms with van der Waals surface area (Å²) in [5.41, 5.74) is 0.671. The minimum Gasteiger partial charge on any atom is -0.495 e. The average Bonchev–Trinajstić information content (AvgIpc) is 2.05. The fourth-order valence-electron chi connectivity index (χ4n) is 0.548. The van der Waals surface area contributed by atoms with Gasteiger partial charge in [-0.25, -0.2) is 4.98 Å². The molecule has 0 bridgehead atoms. The Hall–Kier alpha value is -1.38. The normalized spacial score (nSPS) is 8.90. The summed E-state index contributed by atoms with van der Waals surface area (Å²) in [5.74, 6) is 0.535. The topological polar surface area (TPSA) is 35.0 Å². The molecule has 0 saturated heterocycles. The van der Waals surface area contributed by atoms with E-state index in [4.69, 9.17) is 4.74 Å². The van der Waals surface area contributed by atoms with Crippen molar-refractivity contribution in [2.45, 2.75) is 0 Å². The molecule has 1 rings (SSSR count). The van der Waals surface area contributed by atoms with E-state index in [-0.39, 0.29) is 0 Å². The lowest BCUT2D eigenvalue weighted by Crippen LogP contribution is -1.89. The van der Waals surface area contributed by atoms with Gasteiger partial charge in [-0.3, -0.25) is 4.98 Å². The summed E-state index contributed by atoms with van der Waals surface area (Å²) < 4.78 is 4.84. The SMILES string of the molecule is C=C(OC)c1cnccn1. The summed E-state index contributed by atoms with van der Waals surface area (Å²) in [6.45, 7) is 3.62. The Morgan fingerprint density at radius 3 is 2.90 bits per heavy atom. The van der Waals surface area contributed by atoms with Gasteiger partial charge in [0.25, 0.3) is 0 Å². The first-order valence-electron chi connectivity index (χ1n) is 2.84. The minimum absolute atomic E-state index is 0.535. The third-order valence-corrected chi connectivity index (χ3v) is 1.10. The Balaban J connectivity index is 2.85. The second kappa shape index (κ2) is 2.96. The first-order valence-corrected chi connectivity index (χ1v) is 2.84. The van der Waals surface area contributed by atoms with E-state index in [0.29, 0.717) is 11.5 Å². The summed E-state index contributed by atoms with van der Waals surface area (Å²) in [7, 11) is 1.55. The first-order chi connectivity index (χ1) is 4.84. The molecule has 0 unspecified atom stereocenters. The lowest BCUT2D eigenvalue weighted by Gasteiger charge is -1.99. The molecule has 3 heteroatoms. The summed E-state index contributed by atoms with van der Waals surface area (Å²) in [6, 6.07) is 0. The second-order valence-corrected chi connectivity index (χ2v) is 1.72. The zero-order chi connectivity index (χ0) is 7.40. The van der Waals surface area contributed by atoms with Gasteiger partial charge in [0.15, 0.2) is 0 Å². The number of hydrogen-bond donors (Lipinski definition) is 0. The maximum Gasteiger partial charge on any atom is 0.138 e. The van der Waals surface area contributed by atoms with Crippen LogP contribution >= 0.6 is 0 Å². The molecule has 1 aromatic rings. The van der Waals surface area contributed by atoms with E-state index >= 15 is 0 Å². The maximum atomic E-state index is 4.84. The Bertz CT molecular complexity index is 220. The van der Waals surface area contributed by atoms with Gasteiger partial charge in [0.2, 0.25) is 0 Å². The number of methoxy groups -OCH3 is 1. The van der Waals surface area contributed by atoms with Gasteiger partial charge in [0.05, 0.1) is 13.3 Å². The lowest BCUT2D eigenvalue weighted by molar-refractivity contribution is 0.369. The van der Waals surface area contributed by atoms with Crippen LogP contribution in [0.1, 0.15) is 5.69 Å². The van der Waals surface area contributed by atoms with E-state index in [1.807, 2.05) is 0 Å². The minimum atomic E-state index is 0.535. The van der Waals surface area contributed by atoms with E-state index in [0.717, 1.165) is 0 Å². The van der Waals surface area contributed by atoms with Gasteiger partial charge in [0, 0.05) is 12.4 Å². The van der Waals surface area contributed by atoms with Crippen LogP contribution < -0.4 is 0 Å². The van der Waals surface area contributed by atoms with Gasteiger partial charge in [0.1, 0.15) is 11.5 Å². The highest BCUT2D eigenvalue weighted by atomic mass is 16.5. The molecular formula is C7H8N2O. The largest absolute Gasteiger partial charge is 0.495 e. The Kier molecular flexibility index (Phi) is 1.99. The predicted octanol–water partition coefficient (Wildman–Crippen LogP) is 1.09. The van der Waals surface area contributed by atoms with Crippen LogP contribution in [-0.2, 0) is 4.74 Å². The van der Waals surface area contributed by atoms with Gasteiger partial charge in [-0.05, 0) is 0 Å². The highest BCUT2D eigenvalue weighted by Crippen LogP contribution is 2.05.